The summed E-state index contributed by atoms with van der Waals surface area (Å²) in [5, 5.41) is 47.8. The van der Waals surface area contributed by atoms with E-state index in [9.17, 15) is 20.4 Å². The molecule has 6 nitrogen and oxygen atoms in total. The maximum Gasteiger partial charge on any atom is 0.195 e. The first-order chi connectivity index (χ1) is 7.88. The van der Waals surface area contributed by atoms with Crippen molar-refractivity contribution < 1.29 is 31.6 Å². The molecule has 1 aliphatic heterocycles. The third kappa shape index (κ3) is 2.53. The summed E-state index contributed by atoms with van der Waals surface area (Å²) < 4.78 is 12.7. The highest BCUT2D eigenvalue weighted by atomic mass is 16.7. The molecule has 1 rings (SSSR count). The van der Waals surface area contributed by atoms with Crippen LogP contribution >= 0.6 is 0 Å². The first-order valence-corrected chi connectivity index (χ1v) is 5.36. The van der Waals surface area contributed by atoms with E-state index in [1.807, 2.05) is 0 Å². The van der Waals surface area contributed by atoms with Gasteiger partial charge in [-0.3, -0.25) is 0 Å². The Bertz CT molecular complexity index is 251. The second-order valence-corrected chi connectivity index (χ2v) is 4.01. The molecule has 0 bridgehead atoms. The van der Waals surface area contributed by atoms with Crippen molar-refractivity contribution >= 4 is 0 Å². The van der Waals surface area contributed by atoms with Gasteiger partial charge in [-0.1, -0.05) is 13.3 Å². The second-order valence-electron chi connectivity index (χ2n) is 4.01. The maximum absolute atomic E-state index is 10.1. The zero-order chi connectivity index (χ0) is 13.2. The van der Waals surface area contributed by atoms with Crippen LogP contribution in [0.15, 0.2) is 0 Å². The molecule has 1 heterocycles. The molecule has 0 radical (unpaired) electrons. The fourth-order valence-corrected chi connectivity index (χ4v) is 1.70. The topological polar surface area (TPSA) is 110 Å². The minimum atomic E-state index is -2.28. The molecule has 0 amide bonds. The Morgan fingerprint density at radius 2 is 1.94 bits per heavy atom. The fourth-order valence-electron chi connectivity index (χ4n) is 1.70. The molecule has 0 aliphatic carbocycles. The van der Waals surface area contributed by atoms with E-state index in [2.05, 4.69) is 0 Å². The van der Waals surface area contributed by atoms with Gasteiger partial charge in [-0.15, -0.1) is 0 Å². The molecule has 0 saturated carbocycles. The Kier molecular flexibility index (Phi) is 4.12. The number of hydrogen-bond donors (Lipinski definition) is 5. The Morgan fingerprint density at radius 3 is 2.44 bits per heavy atom. The van der Waals surface area contributed by atoms with Crippen LogP contribution in [0, 0.1) is 0 Å². The summed E-state index contributed by atoms with van der Waals surface area (Å²) in [7, 11) is 0. The largest absolute Gasteiger partial charge is 0.394 e. The van der Waals surface area contributed by atoms with Crippen molar-refractivity contribution in [3.05, 3.63) is 0 Å². The molecule has 0 aromatic carbocycles. The van der Waals surface area contributed by atoms with Gasteiger partial charge in [-0.25, -0.2) is 0 Å². The van der Waals surface area contributed by atoms with Gasteiger partial charge in [0.15, 0.2) is 5.79 Å². The van der Waals surface area contributed by atoms with Crippen LogP contribution in [0.2, 0.25) is 0 Å². The molecule has 0 spiro atoms. The van der Waals surface area contributed by atoms with Crippen LogP contribution in [0.3, 0.4) is 0 Å². The van der Waals surface area contributed by atoms with E-state index in [0.29, 0.717) is 6.42 Å². The van der Waals surface area contributed by atoms with Crippen molar-refractivity contribution in [3.63, 3.8) is 0 Å². The van der Waals surface area contributed by atoms with E-state index in [-0.39, 0.29) is 6.42 Å². The zero-order valence-electron chi connectivity index (χ0n) is 10.2. The highest BCUT2D eigenvalue weighted by Crippen LogP contribution is 2.31. The molecule has 1 aliphatic rings. The molecule has 0 aromatic rings. The molecule has 5 N–H and O–H groups in total. The van der Waals surface area contributed by atoms with Gasteiger partial charge in [0.2, 0.25) is 0 Å². The average molecular weight is 237 g/mol. The van der Waals surface area contributed by atoms with Crippen molar-refractivity contribution in [1.82, 2.24) is 0 Å². The lowest BCUT2D eigenvalue weighted by atomic mass is 9.90. The Morgan fingerprint density at radius 1 is 1.31 bits per heavy atom. The number of ether oxygens (including phenoxy) is 1. The molecular formula is C10H20O6. The normalized spacial score (nSPS) is 47.5. The summed E-state index contributed by atoms with van der Waals surface area (Å²) in [6.45, 7) is 1.18. The van der Waals surface area contributed by atoms with Gasteiger partial charge in [0, 0.05) is 7.77 Å². The summed E-state index contributed by atoms with van der Waals surface area (Å²) in [5.41, 5.74) is 0. The summed E-state index contributed by atoms with van der Waals surface area (Å²) in [6, 6.07) is 0. The second kappa shape index (κ2) is 5.39. The number of hydrogen-bond acceptors (Lipinski definition) is 6. The lowest BCUT2D eigenvalue weighted by molar-refractivity contribution is -0.351. The average Bonchev–Trinajstić information content (AvgIpc) is 2.31. The van der Waals surface area contributed by atoms with Gasteiger partial charge < -0.3 is 30.3 Å². The van der Waals surface area contributed by atoms with Crippen LogP contribution in [0.1, 0.15) is 27.5 Å². The van der Waals surface area contributed by atoms with E-state index in [1.165, 1.54) is 0 Å². The van der Waals surface area contributed by atoms with Crippen molar-refractivity contribution in [2.75, 3.05) is 6.61 Å². The van der Waals surface area contributed by atoms with Crippen LogP contribution in [-0.2, 0) is 4.74 Å². The summed E-state index contributed by atoms with van der Waals surface area (Å²) >= 11 is 0. The van der Waals surface area contributed by atoms with E-state index in [4.69, 9.17) is 11.2 Å². The molecule has 96 valence electrons. The monoisotopic (exact) mass is 237 g/mol. The fraction of sp³-hybridized carbons (Fsp3) is 1.00. The molecule has 1 fully saturated rings. The van der Waals surface area contributed by atoms with Crippen LogP contribution in [0.4, 0.5) is 0 Å². The van der Waals surface area contributed by atoms with Crippen LogP contribution in [0.25, 0.3) is 0 Å². The van der Waals surface area contributed by atoms with Crippen molar-refractivity contribution in [2.24, 2.45) is 0 Å². The molecule has 6 atom stereocenters. The highest BCUT2D eigenvalue weighted by Gasteiger charge is 2.51. The SMILES string of the molecule is [2H]C(CCC)C1(O)O[C@H](CO)[C@@H](O)[C@H](O)[C@H]1O. The molecule has 0 aromatic heterocycles. The van der Waals surface area contributed by atoms with E-state index >= 15 is 0 Å². The van der Waals surface area contributed by atoms with Crippen LogP contribution < -0.4 is 0 Å². The third-order valence-electron chi connectivity index (χ3n) is 2.72. The molecular weight excluding hydrogens is 216 g/mol. The van der Waals surface area contributed by atoms with Gasteiger partial charge in [0.05, 0.1) is 6.61 Å². The number of aliphatic hydroxyl groups is 5. The van der Waals surface area contributed by atoms with Gasteiger partial charge >= 0.3 is 0 Å². The first kappa shape index (κ1) is 12.2. The van der Waals surface area contributed by atoms with Crippen LogP contribution in [0.5, 0.6) is 0 Å². The van der Waals surface area contributed by atoms with Gasteiger partial charge in [-0.05, 0) is 6.42 Å². The molecule has 6 heteroatoms. The molecule has 16 heavy (non-hydrogen) atoms. The van der Waals surface area contributed by atoms with Gasteiger partial charge in [-0.2, -0.15) is 0 Å². The lowest BCUT2D eigenvalue weighted by Crippen LogP contribution is -2.65. The van der Waals surface area contributed by atoms with E-state index < -0.39 is 43.2 Å². The predicted octanol–water partition coefficient (Wildman–Crippen LogP) is -1.66. The highest BCUT2D eigenvalue weighted by molar-refractivity contribution is 4.95. The van der Waals surface area contributed by atoms with Crippen LogP contribution in [-0.4, -0.2) is 62.3 Å². The van der Waals surface area contributed by atoms with E-state index in [1.54, 1.807) is 6.92 Å². The predicted molar refractivity (Wildman–Crippen MR) is 54.5 cm³/mol. The quantitative estimate of drug-likeness (QED) is 0.400. The summed E-state index contributed by atoms with van der Waals surface area (Å²) in [5.74, 6) is -2.28. The van der Waals surface area contributed by atoms with Crippen molar-refractivity contribution in [1.29, 1.82) is 0 Å². The Labute approximate surface area is 95.5 Å². The van der Waals surface area contributed by atoms with Gasteiger partial charge in [0.25, 0.3) is 0 Å². The minimum Gasteiger partial charge on any atom is -0.394 e. The zero-order valence-corrected chi connectivity index (χ0v) is 9.15. The standard InChI is InChI=1S/C10H20O6/c1-2-3-4-10(15)9(14)8(13)7(12)6(5-11)16-10/h6-9,11-15H,2-5H2,1H3/t6-,7-,8+,9-,10?/m1/s1/i4D/t4?,6-,7-,8+,9-,10?. The van der Waals surface area contributed by atoms with Crippen molar-refractivity contribution in [3.8, 4) is 0 Å². The number of rotatable bonds is 4. The Hall–Kier alpha value is -0.240. The van der Waals surface area contributed by atoms with Crippen molar-refractivity contribution in [2.45, 2.75) is 56.4 Å². The summed E-state index contributed by atoms with van der Waals surface area (Å²) in [4.78, 5) is 0. The molecule has 1 saturated heterocycles. The maximum atomic E-state index is 10.1. The molecule has 2 unspecified atom stereocenters. The summed E-state index contributed by atoms with van der Waals surface area (Å²) in [6.07, 6.45) is -6.47. The number of aliphatic hydroxyl groups excluding tert-OH is 4. The van der Waals surface area contributed by atoms with Gasteiger partial charge in [0.1, 0.15) is 24.4 Å². The van der Waals surface area contributed by atoms with E-state index in [0.717, 1.165) is 0 Å². The first-order valence-electron chi connectivity index (χ1n) is 5.93. The smallest absolute Gasteiger partial charge is 0.195 e. The third-order valence-corrected chi connectivity index (χ3v) is 2.72. The Balaban J connectivity index is 2.90. The lowest BCUT2D eigenvalue weighted by Gasteiger charge is -2.45. The minimum absolute atomic E-state index is 0.258.